The molecule has 1 aromatic rings. The molecule has 5 heteroatoms. The number of rotatable bonds is 10. The lowest BCUT2D eigenvalue weighted by Crippen LogP contribution is -2.52. The van der Waals surface area contributed by atoms with Crippen molar-refractivity contribution >= 4 is 17.7 Å². The second-order valence-corrected chi connectivity index (χ2v) is 6.63. The van der Waals surface area contributed by atoms with Crippen molar-refractivity contribution in [2.24, 2.45) is 0 Å². The minimum atomic E-state index is -0.820. The summed E-state index contributed by atoms with van der Waals surface area (Å²) >= 11 is 1.82. The molecule has 0 fully saturated rings. The fourth-order valence-corrected chi connectivity index (χ4v) is 3.05. The van der Waals surface area contributed by atoms with Crippen LogP contribution in [0.2, 0.25) is 0 Å². The van der Waals surface area contributed by atoms with Crippen molar-refractivity contribution in [3.8, 4) is 0 Å². The van der Waals surface area contributed by atoms with E-state index >= 15 is 0 Å². The van der Waals surface area contributed by atoms with Gasteiger partial charge in [0.05, 0.1) is 12.0 Å². The first-order valence-corrected chi connectivity index (χ1v) is 8.21. The Hall–Kier alpha value is -0.940. The van der Waals surface area contributed by atoms with Gasteiger partial charge in [-0.05, 0) is 51.5 Å². The third-order valence-electron chi connectivity index (χ3n) is 3.12. The van der Waals surface area contributed by atoms with E-state index in [4.69, 9.17) is 4.42 Å². The zero-order valence-corrected chi connectivity index (χ0v) is 13.3. The number of aliphatic carboxylic acids is 1. The van der Waals surface area contributed by atoms with E-state index in [1.54, 1.807) is 13.2 Å². The maximum atomic E-state index is 11.4. The number of unbranched alkanes of at least 4 members (excludes halogenated alkanes) is 1. The first-order valence-electron chi connectivity index (χ1n) is 7.05. The van der Waals surface area contributed by atoms with Crippen LogP contribution in [0.4, 0.5) is 0 Å². The van der Waals surface area contributed by atoms with E-state index < -0.39 is 11.5 Å². The largest absolute Gasteiger partial charge is 0.480 e. The Kier molecular flexibility index (Phi) is 7.16. The van der Waals surface area contributed by atoms with Crippen LogP contribution in [0.25, 0.3) is 0 Å². The number of carbonyl (C=O) groups is 1. The number of carboxylic acid groups (broad SMARTS) is 1. The fraction of sp³-hybridized carbons (Fsp3) is 0.667. The molecule has 0 aromatic carbocycles. The Morgan fingerprint density at radius 2 is 2.25 bits per heavy atom. The molecule has 0 spiro atoms. The summed E-state index contributed by atoms with van der Waals surface area (Å²) in [5.41, 5.74) is -0.820. The second kappa shape index (κ2) is 8.37. The lowest BCUT2D eigenvalue weighted by molar-refractivity contribution is -0.144. The Labute approximate surface area is 125 Å². The Morgan fingerprint density at radius 3 is 2.80 bits per heavy atom. The summed E-state index contributed by atoms with van der Waals surface area (Å²) in [4.78, 5) is 11.4. The van der Waals surface area contributed by atoms with Gasteiger partial charge in [0, 0.05) is 6.04 Å². The Morgan fingerprint density at radius 1 is 1.50 bits per heavy atom. The van der Waals surface area contributed by atoms with E-state index in [2.05, 4.69) is 5.32 Å². The van der Waals surface area contributed by atoms with E-state index in [0.717, 1.165) is 30.1 Å². The van der Waals surface area contributed by atoms with Gasteiger partial charge in [-0.25, -0.2) is 0 Å². The van der Waals surface area contributed by atoms with Gasteiger partial charge in [-0.3, -0.25) is 10.1 Å². The molecule has 0 aliphatic carbocycles. The van der Waals surface area contributed by atoms with Crippen LogP contribution in [0.15, 0.2) is 22.8 Å². The van der Waals surface area contributed by atoms with Crippen molar-refractivity contribution in [1.82, 2.24) is 5.32 Å². The van der Waals surface area contributed by atoms with Crippen LogP contribution in [-0.4, -0.2) is 28.4 Å². The topological polar surface area (TPSA) is 62.5 Å². The highest BCUT2D eigenvalue weighted by molar-refractivity contribution is 7.98. The van der Waals surface area contributed by atoms with E-state index in [9.17, 15) is 9.90 Å². The highest BCUT2D eigenvalue weighted by Crippen LogP contribution is 2.19. The molecule has 4 nitrogen and oxygen atoms in total. The molecule has 114 valence electrons. The summed E-state index contributed by atoms with van der Waals surface area (Å²) in [7, 11) is 0. The summed E-state index contributed by atoms with van der Waals surface area (Å²) in [5, 5.41) is 12.5. The first kappa shape index (κ1) is 17.1. The van der Waals surface area contributed by atoms with Gasteiger partial charge in [0.15, 0.2) is 0 Å². The summed E-state index contributed by atoms with van der Waals surface area (Å²) in [6.45, 7) is 5.71. The predicted molar refractivity (Wildman–Crippen MR) is 83.0 cm³/mol. The highest BCUT2D eigenvalue weighted by atomic mass is 32.2. The molecule has 1 atom stereocenters. The smallest absolute Gasteiger partial charge is 0.323 e. The Bertz CT molecular complexity index is 392. The quantitative estimate of drug-likeness (QED) is 0.647. The van der Waals surface area contributed by atoms with Gasteiger partial charge in [0.25, 0.3) is 0 Å². The lowest BCUT2D eigenvalue weighted by atomic mass is 9.94. The number of furan rings is 1. The third-order valence-corrected chi connectivity index (χ3v) is 4.19. The van der Waals surface area contributed by atoms with Gasteiger partial charge in [-0.1, -0.05) is 6.42 Å². The van der Waals surface area contributed by atoms with Gasteiger partial charge in [0.1, 0.15) is 11.3 Å². The summed E-state index contributed by atoms with van der Waals surface area (Å²) in [5.74, 6) is 2.13. The molecule has 1 unspecified atom stereocenters. The van der Waals surface area contributed by atoms with Crippen molar-refractivity contribution in [2.75, 3.05) is 5.75 Å². The molecule has 0 bridgehead atoms. The summed E-state index contributed by atoms with van der Waals surface area (Å²) < 4.78 is 5.26. The zero-order valence-electron chi connectivity index (χ0n) is 12.5. The lowest BCUT2D eigenvalue weighted by Gasteiger charge is -2.28. The number of nitrogens with one attached hydrogen (secondary N) is 1. The average Bonchev–Trinajstić information content (AvgIpc) is 2.85. The molecule has 20 heavy (non-hydrogen) atoms. The van der Waals surface area contributed by atoms with Crippen molar-refractivity contribution in [3.05, 3.63) is 24.2 Å². The second-order valence-electron chi connectivity index (χ2n) is 5.53. The number of hydrogen-bond donors (Lipinski definition) is 2. The number of thioether (sulfide) groups is 1. The van der Waals surface area contributed by atoms with Gasteiger partial charge in [0.2, 0.25) is 0 Å². The van der Waals surface area contributed by atoms with Crippen LogP contribution < -0.4 is 5.32 Å². The predicted octanol–water partition coefficient (Wildman–Crippen LogP) is 3.52. The van der Waals surface area contributed by atoms with Crippen LogP contribution >= 0.6 is 11.8 Å². The van der Waals surface area contributed by atoms with Crippen LogP contribution in [0.3, 0.4) is 0 Å². The molecule has 1 aromatic heterocycles. The van der Waals surface area contributed by atoms with Crippen LogP contribution in [0.5, 0.6) is 0 Å². The van der Waals surface area contributed by atoms with E-state index in [1.807, 2.05) is 37.7 Å². The maximum Gasteiger partial charge on any atom is 0.323 e. The van der Waals surface area contributed by atoms with Crippen molar-refractivity contribution in [1.29, 1.82) is 0 Å². The molecule has 0 saturated heterocycles. The highest BCUT2D eigenvalue weighted by Gasteiger charge is 2.32. The first-order chi connectivity index (χ1) is 9.44. The molecular weight excluding hydrogens is 274 g/mol. The molecule has 0 amide bonds. The molecule has 0 radical (unpaired) electrons. The summed E-state index contributed by atoms with van der Waals surface area (Å²) in [6.07, 6.45) is 4.27. The minimum Gasteiger partial charge on any atom is -0.480 e. The molecular formula is C15H25NO3S. The summed E-state index contributed by atoms with van der Waals surface area (Å²) in [6, 6.07) is 4.04. The molecule has 1 rings (SSSR count). The van der Waals surface area contributed by atoms with Gasteiger partial charge in [-0.2, -0.15) is 11.8 Å². The molecule has 0 saturated carbocycles. The van der Waals surface area contributed by atoms with E-state index in [0.29, 0.717) is 6.42 Å². The molecule has 0 aliphatic rings. The van der Waals surface area contributed by atoms with Gasteiger partial charge in [-0.15, -0.1) is 0 Å². The van der Waals surface area contributed by atoms with E-state index in [-0.39, 0.29) is 6.04 Å². The monoisotopic (exact) mass is 299 g/mol. The standard InChI is InChI=1S/C15H25NO3S/c1-12(2)16-15(3,14(17)18)8-4-5-10-20-11-13-7-6-9-19-13/h6-7,9,12,16H,4-5,8,10-11H2,1-3H3,(H,17,18). The van der Waals surface area contributed by atoms with Gasteiger partial charge >= 0.3 is 5.97 Å². The molecule has 0 aliphatic heterocycles. The van der Waals surface area contributed by atoms with E-state index in [1.165, 1.54) is 0 Å². The third kappa shape index (κ3) is 6.01. The van der Waals surface area contributed by atoms with Gasteiger partial charge < -0.3 is 9.52 Å². The van der Waals surface area contributed by atoms with Crippen LogP contribution in [-0.2, 0) is 10.5 Å². The average molecular weight is 299 g/mol. The number of carboxylic acids is 1. The SMILES string of the molecule is CC(C)NC(C)(CCCCSCc1ccco1)C(=O)O. The minimum absolute atomic E-state index is 0.171. The molecule has 1 heterocycles. The fourth-order valence-electron chi connectivity index (χ4n) is 2.13. The van der Waals surface area contributed by atoms with Crippen LogP contribution in [0, 0.1) is 0 Å². The maximum absolute atomic E-state index is 11.4. The van der Waals surface area contributed by atoms with Crippen molar-refractivity contribution in [3.63, 3.8) is 0 Å². The number of hydrogen-bond acceptors (Lipinski definition) is 4. The molecule has 2 N–H and O–H groups in total. The van der Waals surface area contributed by atoms with Crippen molar-refractivity contribution < 1.29 is 14.3 Å². The normalized spacial score (nSPS) is 14.4. The van der Waals surface area contributed by atoms with Crippen LogP contribution in [0.1, 0.15) is 45.8 Å². The zero-order chi connectivity index (χ0) is 15.0. The van der Waals surface area contributed by atoms with Crippen molar-refractivity contribution in [2.45, 2.75) is 57.4 Å². The Balaban J connectivity index is 2.19.